The molecule has 0 fully saturated rings. The number of hydrogen-bond donors (Lipinski definition) is 0. The Hall–Kier alpha value is -1.59. The standard InChI is InChI=1S/C19H23N3S2/c1-15(2)14-24-19-21-20-18(13-17-9-6-12-23-17)22(19)11-10-16-7-4-3-5-8-16/h3-9,12,15H,10-11,13-14H2,1-2H3. The van der Waals surface area contributed by atoms with Gasteiger partial charge in [0.15, 0.2) is 5.16 Å². The highest BCUT2D eigenvalue weighted by atomic mass is 32.2. The molecule has 0 aliphatic carbocycles. The van der Waals surface area contributed by atoms with E-state index in [1.807, 2.05) is 11.8 Å². The molecule has 3 nitrogen and oxygen atoms in total. The lowest BCUT2D eigenvalue weighted by atomic mass is 10.1. The summed E-state index contributed by atoms with van der Waals surface area (Å²) in [5.41, 5.74) is 1.35. The summed E-state index contributed by atoms with van der Waals surface area (Å²) in [4.78, 5) is 1.34. The molecule has 126 valence electrons. The molecule has 0 unspecified atom stereocenters. The molecule has 0 aliphatic heterocycles. The highest BCUT2D eigenvalue weighted by Gasteiger charge is 2.14. The van der Waals surface area contributed by atoms with Crippen molar-refractivity contribution >= 4 is 23.1 Å². The van der Waals surface area contributed by atoms with Gasteiger partial charge in [-0.05, 0) is 29.3 Å². The van der Waals surface area contributed by atoms with Crippen molar-refractivity contribution in [1.29, 1.82) is 0 Å². The summed E-state index contributed by atoms with van der Waals surface area (Å²) in [5.74, 6) is 2.79. The molecule has 1 aromatic carbocycles. The monoisotopic (exact) mass is 357 g/mol. The maximum Gasteiger partial charge on any atom is 0.191 e. The van der Waals surface area contributed by atoms with Crippen LogP contribution in [-0.4, -0.2) is 20.5 Å². The van der Waals surface area contributed by atoms with Crippen LogP contribution in [0.25, 0.3) is 0 Å². The van der Waals surface area contributed by atoms with E-state index in [2.05, 4.69) is 76.5 Å². The van der Waals surface area contributed by atoms with Gasteiger partial charge < -0.3 is 4.57 Å². The summed E-state index contributed by atoms with van der Waals surface area (Å²) in [6, 6.07) is 14.9. The van der Waals surface area contributed by atoms with E-state index in [1.165, 1.54) is 10.4 Å². The third kappa shape index (κ3) is 4.71. The molecule has 2 aromatic heterocycles. The molecule has 0 atom stereocenters. The minimum Gasteiger partial charge on any atom is -0.305 e. The van der Waals surface area contributed by atoms with Crippen LogP contribution >= 0.6 is 23.1 Å². The van der Waals surface area contributed by atoms with Crippen molar-refractivity contribution in [3.63, 3.8) is 0 Å². The number of hydrogen-bond acceptors (Lipinski definition) is 4. The van der Waals surface area contributed by atoms with Crippen LogP contribution in [0.5, 0.6) is 0 Å². The lowest BCUT2D eigenvalue weighted by Crippen LogP contribution is -2.08. The topological polar surface area (TPSA) is 30.7 Å². The van der Waals surface area contributed by atoms with Gasteiger partial charge >= 0.3 is 0 Å². The Morgan fingerprint density at radius 2 is 1.92 bits per heavy atom. The summed E-state index contributed by atoms with van der Waals surface area (Å²) in [7, 11) is 0. The van der Waals surface area contributed by atoms with Crippen molar-refractivity contribution in [2.24, 2.45) is 5.92 Å². The Morgan fingerprint density at radius 3 is 2.62 bits per heavy atom. The Labute approximate surface area is 152 Å². The Morgan fingerprint density at radius 1 is 1.08 bits per heavy atom. The van der Waals surface area contributed by atoms with Gasteiger partial charge in [-0.15, -0.1) is 21.5 Å². The molecular formula is C19H23N3S2. The lowest BCUT2D eigenvalue weighted by molar-refractivity contribution is 0.608. The molecule has 5 heteroatoms. The predicted octanol–water partition coefficient (Wildman–Crippen LogP) is 4.92. The first-order valence-corrected chi connectivity index (χ1v) is 10.2. The number of aromatic nitrogens is 3. The second-order valence-corrected chi connectivity index (χ2v) is 8.27. The van der Waals surface area contributed by atoms with E-state index in [9.17, 15) is 0 Å². The van der Waals surface area contributed by atoms with Gasteiger partial charge in [0, 0.05) is 23.6 Å². The first kappa shape index (κ1) is 17.2. The molecule has 0 aliphatic rings. The van der Waals surface area contributed by atoms with Crippen molar-refractivity contribution in [1.82, 2.24) is 14.8 Å². The molecule has 3 rings (SSSR count). The van der Waals surface area contributed by atoms with Gasteiger partial charge in [-0.25, -0.2) is 0 Å². The first-order chi connectivity index (χ1) is 11.7. The fourth-order valence-corrected chi connectivity index (χ4v) is 4.11. The summed E-state index contributed by atoms with van der Waals surface area (Å²) in [6.07, 6.45) is 1.87. The van der Waals surface area contributed by atoms with E-state index in [1.54, 1.807) is 11.3 Å². The van der Waals surface area contributed by atoms with Crippen molar-refractivity contribution < 1.29 is 0 Å². The number of nitrogens with zero attached hydrogens (tertiary/aromatic N) is 3. The van der Waals surface area contributed by atoms with Gasteiger partial charge in [0.25, 0.3) is 0 Å². The Kier molecular flexibility index (Phi) is 6.10. The van der Waals surface area contributed by atoms with Gasteiger partial charge in [-0.3, -0.25) is 0 Å². The zero-order chi connectivity index (χ0) is 16.8. The smallest absolute Gasteiger partial charge is 0.191 e. The zero-order valence-corrected chi connectivity index (χ0v) is 15.8. The quantitative estimate of drug-likeness (QED) is 0.536. The van der Waals surface area contributed by atoms with Gasteiger partial charge in [0.05, 0.1) is 0 Å². The van der Waals surface area contributed by atoms with E-state index < -0.39 is 0 Å². The summed E-state index contributed by atoms with van der Waals surface area (Å²) in [5, 5.41) is 12.1. The van der Waals surface area contributed by atoms with Crippen LogP contribution in [0.15, 0.2) is 53.0 Å². The van der Waals surface area contributed by atoms with Crippen LogP contribution in [0, 0.1) is 5.92 Å². The van der Waals surface area contributed by atoms with Crippen molar-refractivity contribution in [2.75, 3.05) is 5.75 Å². The third-order valence-corrected chi connectivity index (χ3v) is 5.99. The van der Waals surface area contributed by atoms with Gasteiger partial charge in [0.1, 0.15) is 5.82 Å². The molecule has 3 aromatic rings. The molecule has 0 spiro atoms. The van der Waals surface area contributed by atoms with E-state index in [0.29, 0.717) is 5.92 Å². The average molecular weight is 358 g/mol. The van der Waals surface area contributed by atoms with Gasteiger partial charge in [0.2, 0.25) is 0 Å². The van der Waals surface area contributed by atoms with Gasteiger partial charge in [-0.2, -0.15) is 0 Å². The van der Waals surface area contributed by atoms with Crippen LogP contribution in [0.3, 0.4) is 0 Å². The molecule has 0 radical (unpaired) electrons. The number of thiophene rings is 1. The Balaban J connectivity index is 1.77. The molecular weight excluding hydrogens is 334 g/mol. The average Bonchev–Trinajstić information content (AvgIpc) is 3.22. The van der Waals surface area contributed by atoms with Crippen molar-refractivity contribution in [3.8, 4) is 0 Å². The van der Waals surface area contributed by atoms with Crippen LogP contribution in [0.4, 0.5) is 0 Å². The second kappa shape index (κ2) is 8.49. The molecule has 0 N–H and O–H groups in total. The number of aryl methyl sites for hydroxylation is 1. The largest absolute Gasteiger partial charge is 0.305 e. The van der Waals surface area contributed by atoms with Gasteiger partial charge in [-0.1, -0.05) is 62.0 Å². The molecule has 0 saturated heterocycles. The van der Waals surface area contributed by atoms with Crippen LogP contribution in [0.2, 0.25) is 0 Å². The third-order valence-electron chi connectivity index (χ3n) is 3.72. The van der Waals surface area contributed by atoms with E-state index in [-0.39, 0.29) is 0 Å². The number of thioether (sulfide) groups is 1. The zero-order valence-electron chi connectivity index (χ0n) is 14.2. The number of benzene rings is 1. The fourth-order valence-electron chi connectivity index (χ4n) is 2.48. The molecule has 0 amide bonds. The first-order valence-electron chi connectivity index (χ1n) is 8.33. The highest BCUT2D eigenvalue weighted by Crippen LogP contribution is 2.22. The van der Waals surface area contributed by atoms with E-state index in [4.69, 9.17) is 0 Å². The minimum atomic E-state index is 0.648. The normalized spacial score (nSPS) is 11.3. The SMILES string of the molecule is CC(C)CSc1nnc(Cc2cccs2)n1CCc1ccccc1. The maximum absolute atomic E-state index is 4.48. The van der Waals surface area contributed by atoms with Crippen molar-refractivity contribution in [2.45, 2.75) is 38.4 Å². The summed E-state index contributed by atoms with van der Waals surface area (Å²) < 4.78 is 2.31. The van der Waals surface area contributed by atoms with Crippen LogP contribution < -0.4 is 0 Å². The summed E-state index contributed by atoms with van der Waals surface area (Å²) >= 11 is 3.60. The van der Waals surface area contributed by atoms with Crippen molar-refractivity contribution in [3.05, 3.63) is 64.1 Å². The molecule has 24 heavy (non-hydrogen) atoms. The maximum atomic E-state index is 4.48. The van der Waals surface area contributed by atoms with E-state index in [0.717, 1.165) is 36.1 Å². The molecule has 2 heterocycles. The second-order valence-electron chi connectivity index (χ2n) is 6.25. The number of rotatable bonds is 8. The Bertz CT molecular complexity index is 733. The summed E-state index contributed by atoms with van der Waals surface area (Å²) in [6.45, 7) is 5.41. The lowest BCUT2D eigenvalue weighted by Gasteiger charge is -2.11. The van der Waals surface area contributed by atoms with E-state index >= 15 is 0 Å². The fraction of sp³-hybridized carbons (Fsp3) is 0.368. The van der Waals surface area contributed by atoms with Crippen LogP contribution in [-0.2, 0) is 19.4 Å². The minimum absolute atomic E-state index is 0.648. The van der Waals surface area contributed by atoms with Crippen LogP contribution in [0.1, 0.15) is 30.1 Å². The molecule has 0 bridgehead atoms. The molecule has 0 saturated carbocycles. The highest BCUT2D eigenvalue weighted by molar-refractivity contribution is 7.99. The predicted molar refractivity (Wildman–Crippen MR) is 103 cm³/mol.